The number of allylic oxidation sites excluding steroid dienone is 2. The summed E-state index contributed by atoms with van der Waals surface area (Å²) in [6.07, 6.45) is 10.5. The molecule has 0 heteroatoms. The fraction of sp³-hybridized carbons (Fsp3) is 0.875. The van der Waals surface area contributed by atoms with Gasteiger partial charge < -0.3 is 0 Å². The van der Waals surface area contributed by atoms with E-state index in [2.05, 4.69) is 20.8 Å². The van der Waals surface area contributed by atoms with Crippen molar-refractivity contribution < 1.29 is 0 Å². The Kier molecular flexibility index (Phi) is 2.46. The van der Waals surface area contributed by atoms with Gasteiger partial charge in [-0.15, -0.1) is 0 Å². The van der Waals surface area contributed by atoms with Gasteiger partial charge in [0, 0.05) is 0 Å². The van der Waals surface area contributed by atoms with E-state index < -0.39 is 0 Å². The molecule has 0 N–H and O–H groups in total. The predicted octanol–water partition coefficient (Wildman–Crippen LogP) is 4.95. The van der Waals surface area contributed by atoms with Crippen LogP contribution in [0.15, 0.2) is 11.1 Å². The molecule has 0 aromatic rings. The molecule has 4 bridgehead atoms. The molecule has 16 heavy (non-hydrogen) atoms. The van der Waals surface area contributed by atoms with Crippen LogP contribution in [0.2, 0.25) is 0 Å². The molecule has 0 spiro atoms. The fourth-order valence-corrected chi connectivity index (χ4v) is 5.29. The highest BCUT2D eigenvalue weighted by Crippen LogP contribution is 2.63. The standard InChI is InChI=1S/C16H26/c1-4-11(2)12(3)16-8-13-5-14(9-16)7-15(6-13)10-16/h13-15H,4-10H2,1-3H3. The van der Waals surface area contributed by atoms with Gasteiger partial charge in [0.15, 0.2) is 0 Å². The minimum Gasteiger partial charge on any atom is -0.0741 e. The second kappa shape index (κ2) is 3.62. The monoisotopic (exact) mass is 218 g/mol. The Bertz CT molecular complexity index is 286. The lowest BCUT2D eigenvalue weighted by atomic mass is 9.47. The first-order valence-corrected chi connectivity index (χ1v) is 7.30. The molecule has 0 nitrogen and oxygen atoms in total. The molecule has 4 rings (SSSR count). The molecule has 0 aromatic carbocycles. The van der Waals surface area contributed by atoms with Crippen molar-refractivity contribution in [2.24, 2.45) is 23.2 Å². The van der Waals surface area contributed by atoms with Crippen LogP contribution in [-0.2, 0) is 0 Å². The van der Waals surface area contributed by atoms with Gasteiger partial charge in [-0.1, -0.05) is 18.1 Å². The SMILES string of the molecule is CCC(C)=C(C)C12CC3CC(CC(C3)C1)C2. The maximum atomic E-state index is 2.45. The van der Waals surface area contributed by atoms with Gasteiger partial charge in [0.05, 0.1) is 0 Å². The first kappa shape index (κ1) is 10.9. The Hall–Kier alpha value is -0.260. The quantitative estimate of drug-likeness (QED) is 0.575. The number of rotatable bonds is 2. The first-order chi connectivity index (χ1) is 7.63. The van der Waals surface area contributed by atoms with Crippen LogP contribution in [0.1, 0.15) is 65.7 Å². The Morgan fingerprint density at radius 2 is 1.38 bits per heavy atom. The summed E-state index contributed by atoms with van der Waals surface area (Å²) in [6, 6.07) is 0. The maximum absolute atomic E-state index is 2.45. The van der Waals surface area contributed by atoms with E-state index in [1.165, 1.54) is 25.7 Å². The highest BCUT2D eigenvalue weighted by atomic mass is 14.6. The molecule has 4 fully saturated rings. The molecule has 90 valence electrons. The zero-order valence-corrected chi connectivity index (χ0v) is 11.2. The van der Waals surface area contributed by atoms with Crippen LogP contribution in [0.4, 0.5) is 0 Å². The summed E-state index contributed by atoms with van der Waals surface area (Å²) in [4.78, 5) is 0. The Morgan fingerprint density at radius 1 is 0.938 bits per heavy atom. The van der Waals surface area contributed by atoms with Crippen molar-refractivity contribution >= 4 is 0 Å². The van der Waals surface area contributed by atoms with Crippen LogP contribution in [0.5, 0.6) is 0 Å². The Labute approximate surface area is 101 Å². The van der Waals surface area contributed by atoms with Crippen LogP contribution in [0.3, 0.4) is 0 Å². The van der Waals surface area contributed by atoms with Crippen molar-refractivity contribution in [3.05, 3.63) is 11.1 Å². The van der Waals surface area contributed by atoms with Crippen molar-refractivity contribution in [2.75, 3.05) is 0 Å². The van der Waals surface area contributed by atoms with E-state index in [0.717, 1.165) is 17.8 Å². The lowest BCUT2D eigenvalue weighted by molar-refractivity contribution is -0.0310. The summed E-state index contributed by atoms with van der Waals surface area (Å²) in [6.45, 7) is 7.14. The molecule has 4 saturated carbocycles. The second-order valence-corrected chi connectivity index (χ2v) is 6.96. The van der Waals surface area contributed by atoms with Crippen LogP contribution < -0.4 is 0 Å². The molecule has 4 aliphatic rings. The smallest absolute Gasteiger partial charge is 0.00804 e. The second-order valence-electron chi connectivity index (χ2n) is 6.96. The molecule has 0 aromatic heterocycles. The van der Waals surface area contributed by atoms with E-state index in [1.807, 2.05) is 0 Å². The van der Waals surface area contributed by atoms with Crippen LogP contribution >= 0.6 is 0 Å². The topological polar surface area (TPSA) is 0 Å². The zero-order valence-electron chi connectivity index (χ0n) is 11.2. The number of hydrogen-bond donors (Lipinski definition) is 0. The fourth-order valence-electron chi connectivity index (χ4n) is 5.29. The summed E-state index contributed by atoms with van der Waals surface area (Å²) >= 11 is 0. The molecule has 0 heterocycles. The van der Waals surface area contributed by atoms with E-state index in [-0.39, 0.29) is 0 Å². The molecular formula is C16H26. The third-order valence-electron chi connectivity index (χ3n) is 6.00. The molecule has 0 radical (unpaired) electrons. The molecule has 0 atom stereocenters. The normalized spacial score (nSPS) is 47.1. The summed E-state index contributed by atoms with van der Waals surface area (Å²) in [5, 5.41) is 0. The lowest BCUT2D eigenvalue weighted by Gasteiger charge is -2.57. The van der Waals surface area contributed by atoms with E-state index >= 15 is 0 Å². The minimum atomic E-state index is 0.662. The molecule has 4 aliphatic carbocycles. The van der Waals surface area contributed by atoms with Crippen LogP contribution in [-0.4, -0.2) is 0 Å². The Balaban J connectivity index is 1.94. The van der Waals surface area contributed by atoms with Gasteiger partial charge in [0.2, 0.25) is 0 Å². The van der Waals surface area contributed by atoms with Gasteiger partial charge >= 0.3 is 0 Å². The minimum absolute atomic E-state index is 0.662. The molecule has 0 unspecified atom stereocenters. The zero-order chi connectivity index (χ0) is 11.3. The Morgan fingerprint density at radius 3 is 1.75 bits per heavy atom. The van der Waals surface area contributed by atoms with E-state index in [0.29, 0.717) is 5.41 Å². The third kappa shape index (κ3) is 1.49. The van der Waals surface area contributed by atoms with Gasteiger partial charge in [-0.2, -0.15) is 0 Å². The van der Waals surface area contributed by atoms with Crippen molar-refractivity contribution in [3.8, 4) is 0 Å². The van der Waals surface area contributed by atoms with Gasteiger partial charge in [-0.3, -0.25) is 0 Å². The van der Waals surface area contributed by atoms with Gasteiger partial charge in [0.1, 0.15) is 0 Å². The van der Waals surface area contributed by atoms with Crippen molar-refractivity contribution in [1.29, 1.82) is 0 Å². The van der Waals surface area contributed by atoms with Crippen molar-refractivity contribution in [1.82, 2.24) is 0 Å². The van der Waals surface area contributed by atoms with E-state index in [1.54, 1.807) is 30.4 Å². The van der Waals surface area contributed by atoms with Crippen molar-refractivity contribution in [3.63, 3.8) is 0 Å². The number of hydrogen-bond acceptors (Lipinski definition) is 0. The summed E-state index contributed by atoms with van der Waals surface area (Å²) in [5.74, 6) is 3.27. The van der Waals surface area contributed by atoms with Gasteiger partial charge in [0.25, 0.3) is 0 Å². The van der Waals surface area contributed by atoms with E-state index in [4.69, 9.17) is 0 Å². The first-order valence-electron chi connectivity index (χ1n) is 7.30. The van der Waals surface area contributed by atoms with Crippen LogP contribution in [0.25, 0.3) is 0 Å². The van der Waals surface area contributed by atoms with Gasteiger partial charge in [-0.05, 0) is 82.0 Å². The van der Waals surface area contributed by atoms with Crippen LogP contribution in [0, 0.1) is 23.2 Å². The third-order valence-corrected chi connectivity index (χ3v) is 6.00. The summed E-state index contributed by atoms with van der Waals surface area (Å²) < 4.78 is 0. The average molecular weight is 218 g/mol. The largest absolute Gasteiger partial charge is 0.0741 e. The van der Waals surface area contributed by atoms with Crippen molar-refractivity contribution in [2.45, 2.75) is 65.7 Å². The molecule has 0 aliphatic heterocycles. The highest BCUT2D eigenvalue weighted by molar-refractivity contribution is 5.23. The summed E-state index contributed by atoms with van der Waals surface area (Å²) in [5.41, 5.74) is 4.13. The average Bonchev–Trinajstić information content (AvgIpc) is 2.25. The summed E-state index contributed by atoms with van der Waals surface area (Å²) in [7, 11) is 0. The molecular weight excluding hydrogens is 192 g/mol. The molecule has 0 saturated heterocycles. The van der Waals surface area contributed by atoms with E-state index in [9.17, 15) is 0 Å². The van der Waals surface area contributed by atoms with Gasteiger partial charge in [-0.25, -0.2) is 0 Å². The highest BCUT2D eigenvalue weighted by Gasteiger charge is 2.51. The predicted molar refractivity (Wildman–Crippen MR) is 69.3 cm³/mol. The molecule has 0 amide bonds. The lowest BCUT2D eigenvalue weighted by Crippen LogP contribution is -2.46. The maximum Gasteiger partial charge on any atom is -0.00804 e.